The van der Waals surface area contributed by atoms with Gasteiger partial charge in [-0.05, 0) is 26.0 Å². The topological polar surface area (TPSA) is 42.7 Å². The maximum atomic E-state index is 13.0. The fourth-order valence-electron chi connectivity index (χ4n) is 1.94. The summed E-state index contributed by atoms with van der Waals surface area (Å²) in [5.41, 5.74) is 1.52. The molecular weight excluding hydrogens is 267 g/mol. The number of rotatable bonds is 4. The van der Waals surface area contributed by atoms with E-state index in [4.69, 9.17) is 11.6 Å². The van der Waals surface area contributed by atoms with E-state index < -0.39 is 0 Å². The Morgan fingerprint density at radius 2 is 2.05 bits per heavy atom. The summed E-state index contributed by atoms with van der Waals surface area (Å²) in [7, 11) is 1.82. The third-order valence-corrected chi connectivity index (χ3v) is 3.05. The van der Waals surface area contributed by atoms with Crippen molar-refractivity contribution in [2.45, 2.75) is 25.9 Å². The van der Waals surface area contributed by atoms with Crippen molar-refractivity contribution in [1.82, 2.24) is 20.1 Å². The molecule has 102 valence electrons. The molecule has 0 spiro atoms. The van der Waals surface area contributed by atoms with Crippen molar-refractivity contribution in [3.05, 3.63) is 46.8 Å². The fourth-order valence-corrected chi connectivity index (χ4v) is 2.22. The lowest BCUT2D eigenvalue weighted by atomic mass is 10.1. The van der Waals surface area contributed by atoms with E-state index in [0.717, 1.165) is 5.69 Å². The second kappa shape index (κ2) is 5.67. The van der Waals surface area contributed by atoms with Gasteiger partial charge in [0.15, 0.2) is 0 Å². The molecule has 2 rings (SSSR count). The highest BCUT2D eigenvalue weighted by Crippen LogP contribution is 2.27. The van der Waals surface area contributed by atoms with E-state index in [-0.39, 0.29) is 17.9 Å². The van der Waals surface area contributed by atoms with Gasteiger partial charge in [-0.1, -0.05) is 11.6 Å². The van der Waals surface area contributed by atoms with E-state index in [1.165, 1.54) is 12.3 Å². The number of aromatic nitrogens is 3. The van der Waals surface area contributed by atoms with Crippen molar-refractivity contribution in [3.63, 3.8) is 0 Å². The quantitative estimate of drug-likeness (QED) is 0.938. The van der Waals surface area contributed by atoms with E-state index in [9.17, 15) is 4.39 Å². The molecule has 4 nitrogen and oxygen atoms in total. The molecular formula is C13H16ClFN4. The Morgan fingerprint density at radius 1 is 1.32 bits per heavy atom. The number of nitrogens with one attached hydrogen (secondary N) is 1. The van der Waals surface area contributed by atoms with Gasteiger partial charge in [0.05, 0.1) is 34.8 Å². The van der Waals surface area contributed by atoms with Crippen molar-refractivity contribution >= 4 is 11.6 Å². The minimum absolute atomic E-state index is 0.222. The van der Waals surface area contributed by atoms with Crippen LogP contribution in [0, 0.1) is 5.82 Å². The van der Waals surface area contributed by atoms with Crippen LogP contribution in [0.4, 0.5) is 4.39 Å². The first-order valence-corrected chi connectivity index (χ1v) is 6.41. The zero-order valence-electron chi connectivity index (χ0n) is 11.1. The van der Waals surface area contributed by atoms with Crippen LogP contribution >= 0.6 is 11.6 Å². The highest BCUT2D eigenvalue weighted by Gasteiger charge is 2.22. The Morgan fingerprint density at radius 3 is 2.53 bits per heavy atom. The Balaban J connectivity index is 2.44. The molecule has 0 amide bonds. The first-order chi connectivity index (χ1) is 8.99. The number of halogens is 2. The Labute approximate surface area is 116 Å². The molecule has 0 radical (unpaired) electrons. The Hall–Kier alpha value is -1.46. The molecule has 1 atom stereocenters. The van der Waals surface area contributed by atoms with Crippen LogP contribution in [0.2, 0.25) is 5.02 Å². The van der Waals surface area contributed by atoms with Crippen molar-refractivity contribution in [3.8, 4) is 0 Å². The van der Waals surface area contributed by atoms with Gasteiger partial charge in [-0.25, -0.2) is 4.39 Å². The van der Waals surface area contributed by atoms with Crippen molar-refractivity contribution in [2.24, 2.45) is 7.05 Å². The van der Waals surface area contributed by atoms with E-state index in [2.05, 4.69) is 15.4 Å². The van der Waals surface area contributed by atoms with Crippen LogP contribution in [0.15, 0.2) is 24.5 Å². The minimum atomic E-state index is -0.358. The van der Waals surface area contributed by atoms with Crippen LogP contribution in [0.1, 0.15) is 31.3 Å². The van der Waals surface area contributed by atoms with Gasteiger partial charge in [0.25, 0.3) is 0 Å². The van der Waals surface area contributed by atoms with Crippen molar-refractivity contribution in [1.29, 1.82) is 0 Å². The highest BCUT2D eigenvalue weighted by atomic mass is 35.5. The molecule has 0 saturated heterocycles. The first-order valence-electron chi connectivity index (χ1n) is 6.04. The molecule has 0 aliphatic heterocycles. The summed E-state index contributed by atoms with van der Waals surface area (Å²) in [6.07, 6.45) is 2.80. The van der Waals surface area contributed by atoms with Gasteiger partial charge in [-0.2, -0.15) is 5.10 Å². The lowest BCUT2D eigenvalue weighted by Gasteiger charge is -2.21. The number of hydrogen-bond donors (Lipinski definition) is 1. The molecule has 19 heavy (non-hydrogen) atoms. The largest absolute Gasteiger partial charge is 0.301 e. The molecule has 0 aliphatic carbocycles. The lowest BCUT2D eigenvalue weighted by Crippen LogP contribution is -2.31. The summed E-state index contributed by atoms with van der Waals surface area (Å²) in [4.78, 5) is 4.13. The molecule has 1 unspecified atom stereocenters. The van der Waals surface area contributed by atoms with E-state index in [1.54, 1.807) is 16.9 Å². The normalized spacial score (nSPS) is 12.9. The Kier molecular flexibility index (Phi) is 4.17. The average molecular weight is 283 g/mol. The number of pyridine rings is 1. The number of nitrogens with zero attached hydrogens (tertiary/aromatic N) is 3. The molecule has 0 saturated carbocycles. The summed E-state index contributed by atoms with van der Waals surface area (Å²) in [6, 6.07) is 3.05. The summed E-state index contributed by atoms with van der Waals surface area (Å²) < 4.78 is 14.7. The maximum absolute atomic E-state index is 13.0. The standard InChI is InChI=1S/C13H16ClFN4/c1-8(2)18-12(11-5-4-9(15)6-16-11)13-10(14)7-17-19(13)3/h4-8,12,18H,1-3H3. The number of hydrogen-bond acceptors (Lipinski definition) is 3. The summed E-state index contributed by atoms with van der Waals surface area (Å²) in [5.74, 6) is -0.358. The molecule has 0 fully saturated rings. The SMILES string of the molecule is CC(C)NC(c1ccc(F)cn1)c1c(Cl)cnn1C. The first kappa shape index (κ1) is 14.0. The molecule has 0 bridgehead atoms. The fraction of sp³-hybridized carbons (Fsp3) is 0.385. The third kappa shape index (κ3) is 3.11. The van der Waals surface area contributed by atoms with Gasteiger partial charge in [0, 0.05) is 13.1 Å². The maximum Gasteiger partial charge on any atom is 0.141 e. The predicted molar refractivity (Wildman–Crippen MR) is 72.5 cm³/mol. The highest BCUT2D eigenvalue weighted by molar-refractivity contribution is 6.31. The van der Waals surface area contributed by atoms with Gasteiger partial charge < -0.3 is 5.32 Å². The van der Waals surface area contributed by atoms with Gasteiger partial charge in [0.1, 0.15) is 5.82 Å². The second-order valence-corrected chi connectivity index (χ2v) is 5.06. The van der Waals surface area contributed by atoms with Crippen molar-refractivity contribution in [2.75, 3.05) is 0 Å². The molecule has 2 aromatic heterocycles. The van der Waals surface area contributed by atoms with Crippen LogP contribution in [0.25, 0.3) is 0 Å². The molecule has 6 heteroatoms. The van der Waals surface area contributed by atoms with E-state index in [1.807, 2.05) is 20.9 Å². The smallest absolute Gasteiger partial charge is 0.141 e. The van der Waals surface area contributed by atoms with Crippen LogP contribution in [-0.4, -0.2) is 20.8 Å². The van der Waals surface area contributed by atoms with Crippen LogP contribution < -0.4 is 5.32 Å². The van der Waals surface area contributed by atoms with Crippen LogP contribution in [-0.2, 0) is 7.05 Å². The Bertz CT molecular complexity index is 531. The van der Waals surface area contributed by atoms with E-state index >= 15 is 0 Å². The molecule has 1 N–H and O–H groups in total. The van der Waals surface area contributed by atoms with Crippen molar-refractivity contribution < 1.29 is 4.39 Å². The molecule has 2 heterocycles. The predicted octanol–water partition coefficient (Wildman–Crippen LogP) is 2.70. The van der Waals surface area contributed by atoms with Crippen LogP contribution in [0.3, 0.4) is 0 Å². The summed E-state index contributed by atoms with van der Waals surface area (Å²) in [6.45, 7) is 4.06. The molecule has 0 aliphatic rings. The molecule has 2 aromatic rings. The van der Waals surface area contributed by atoms with Gasteiger partial charge in [-0.15, -0.1) is 0 Å². The zero-order chi connectivity index (χ0) is 14.0. The van der Waals surface area contributed by atoms with Gasteiger partial charge in [-0.3, -0.25) is 9.67 Å². The average Bonchev–Trinajstić information content (AvgIpc) is 2.67. The zero-order valence-corrected chi connectivity index (χ0v) is 11.8. The third-order valence-electron chi connectivity index (χ3n) is 2.76. The monoisotopic (exact) mass is 282 g/mol. The summed E-state index contributed by atoms with van der Waals surface area (Å²) >= 11 is 6.18. The van der Waals surface area contributed by atoms with Gasteiger partial charge in [0.2, 0.25) is 0 Å². The van der Waals surface area contributed by atoms with Gasteiger partial charge >= 0.3 is 0 Å². The molecule has 0 aromatic carbocycles. The summed E-state index contributed by atoms with van der Waals surface area (Å²) in [5, 5.41) is 8.06. The second-order valence-electron chi connectivity index (χ2n) is 4.66. The lowest BCUT2D eigenvalue weighted by molar-refractivity contribution is 0.491. The van der Waals surface area contributed by atoms with E-state index in [0.29, 0.717) is 10.7 Å². The number of aryl methyl sites for hydroxylation is 1. The minimum Gasteiger partial charge on any atom is -0.301 e. The van der Waals surface area contributed by atoms with Crippen LogP contribution in [0.5, 0.6) is 0 Å².